The average Bonchev–Trinajstić information content (AvgIpc) is 3.82. The van der Waals surface area contributed by atoms with Gasteiger partial charge in [-0.2, -0.15) is 0 Å². The molecule has 15 rings (SSSR count). The van der Waals surface area contributed by atoms with E-state index in [1.807, 2.05) is 0 Å². The lowest BCUT2D eigenvalue weighted by Gasteiger charge is -2.16. The predicted molar refractivity (Wildman–Crippen MR) is 226 cm³/mol. The summed E-state index contributed by atoms with van der Waals surface area (Å²) in [6.45, 7) is 0. The van der Waals surface area contributed by atoms with Crippen LogP contribution in [0.2, 0.25) is 0 Å². The minimum Gasteiger partial charge on any atom is -0.0616 e. The van der Waals surface area contributed by atoms with Crippen molar-refractivity contribution >= 4 is 129 Å². The van der Waals surface area contributed by atoms with E-state index in [2.05, 4.69) is 146 Å². The molecule has 14 aromatic rings. The van der Waals surface area contributed by atoms with Gasteiger partial charge < -0.3 is 0 Å². The number of fused-ring (bicyclic) bond motifs is 13. The maximum absolute atomic E-state index is 2.52. The van der Waals surface area contributed by atoms with Crippen molar-refractivity contribution < 1.29 is 0 Å². The molecule has 0 unspecified atom stereocenters. The van der Waals surface area contributed by atoms with E-state index < -0.39 is 0 Å². The molecule has 1 aliphatic carbocycles. The van der Waals surface area contributed by atoms with Gasteiger partial charge in [0, 0.05) is 0 Å². The van der Waals surface area contributed by atoms with Crippen LogP contribution in [-0.2, 0) is 0 Å². The highest BCUT2D eigenvalue weighted by atomic mass is 14.3. The van der Waals surface area contributed by atoms with Crippen LogP contribution in [0.5, 0.6) is 0 Å². The van der Waals surface area contributed by atoms with Crippen LogP contribution >= 0.6 is 0 Å². The molecule has 0 aromatic heterocycles. The number of rotatable bonds is 0. The zero-order chi connectivity index (χ0) is 33.1. The van der Waals surface area contributed by atoms with Crippen LogP contribution in [0.25, 0.3) is 152 Å². The third-order valence-corrected chi connectivity index (χ3v) is 13.4. The Morgan fingerprint density at radius 2 is 0.481 bits per heavy atom. The molecule has 0 heterocycles. The molecule has 0 saturated carbocycles. The molecule has 0 radical (unpaired) electrons. The zero-order valence-electron chi connectivity index (χ0n) is 27.9. The van der Waals surface area contributed by atoms with Gasteiger partial charge in [0.15, 0.2) is 0 Å². The van der Waals surface area contributed by atoms with Gasteiger partial charge in [0.05, 0.1) is 0 Å². The Bertz CT molecular complexity index is 3710. The van der Waals surface area contributed by atoms with Crippen molar-refractivity contribution in [3.63, 3.8) is 0 Å². The van der Waals surface area contributed by atoms with Crippen LogP contribution < -0.4 is 0 Å². The monoisotopic (exact) mass is 648 g/mol. The first-order chi connectivity index (χ1) is 25.8. The Balaban J connectivity index is 1.08. The maximum atomic E-state index is 2.52. The molecule has 0 amide bonds. The smallest absolute Gasteiger partial charge is 0.00139 e. The number of hydrogen-bond acceptors (Lipinski definition) is 0. The summed E-state index contributed by atoms with van der Waals surface area (Å²) in [5.41, 5.74) is 5.45. The molecule has 0 saturated heterocycles. The highest BCUT2D eigenvalue weighted by Crippen LogP contribution is 2.55. The topological polar surface area (TPSA) is 0 Å². The summed E-state index contributed by atoms with van der Waals surface area (Å²) in [5, 5.41) is 32.9. The molecular formula is C52H24. The summed E-state index contributed by atoms with van der Waals surface area (Å²) in [4.78, 5) is 0. The minimum absolute atomic E-state index is 1.31. The van der Waals surface area contributed by atoms with Gasteiger partial charge in [-0.25, -0.2) is 0 Å². The third-order valence-electron chi connectivity index (χ3n) is 13.4. The largest absolute Gasteiger partial charge is 0.0616 e. The molecule has 52 heavy (non-hydrogen) atoms. The Hall–Kier alpha value is -6.76. The average molecular weight is 649 g/mol. The van der Waals surface area contributed by atoms with Crippen LogP contribution in [0.15, 0.2) is 146 Å². The van der Waals surface area contributed by atoms with Gasteiger partial charge in [-0.1, -0.05) is 133 Å². The first kappa shape index (κ1) is 25.2. The minimum atomic E-state index is 1.31. The molecule has 0 atom stereocenters. The van der Waals surface area contributed by atoms with Crippen molar-refractivity contribution in [3.8, 4) is 22.3 Å². The fourth-order valence-corrected chi connectivity index (χ4v) is 11.4. The van der Waals surface area contributed by atoms with E-state index in [4.69, 9.17) is 0 Å². The molecule has 0 spiro atoms. The van der Waals surface area contributed by atoms with Crippen LogP contribution in [0, 0.1) is 0 Å². The fraction of sp³-hybridized carbons (Fsp3) is 0. The van der Waals surface area contributed by atoms with Crippen molar-refractivity contribution in [2.45, 2.75) is 0 Å². The quantitative estimate of drug-likeness (QED) is 0.113. The fourth-order valence-electron chi connectivity index (χ4n) is 11.4. The van der Waals surface area contributed by atoms with Gasteiger partial charge in [0.2, 0.25) is 0 Å². The summed E-state index contributed by atoms with van der Waals surface area (Å²) in [6.07, 6.45) is 0. The Labute approximate surface area is 296 Å². The van der Waals surface area contributed by atoms with E-state index in [-0.39, 0.29) is 0 Å². The highest BCUT2D eigenvalue weighted by molar-refractivity contribution is 6.46. The van der Waals surface area contributed by atoms with Gasteiger partial charge in [-0.3, -0.25) is 0 Å². The van der Waals surface area contributed by atoms with E-state index >= 15 is 0 Å². The summed E-state index contributed by atoms with van der Waals surface area (Å²) in [7, 11) is 0. The molecule has 0 fully saturated rings. The Kier molecular flexibility index (Phi) is 3.92. The summed E-state index contributed by atoms with van der Waals surface area (Å²) < 4.78 is 0. The van der Waals surface area contributed by atoms with Crippen molar-refractivity contribution in [2.75, 3.05) is 0 Å². The molecule has 0 N–H and O–H groups in total. The van der Waals surface area contributed by atoms with Crippen molar-refractivity contribution in [2.24, 2.45) is 0 Å². The molecule has 0 bridgehead atoms. The van der Waals surface area contributed by atoms with E-state index in [1.165, 1.54) is 152 Å². The van der Waals surface area contributed by atoms with Gasteiger partial charge >= 0.3 is 0 Å². The standard InChI is InChI=1S/C52H24/c1-2-8-27-26(7-1)30-11-13-34-36-17-21-40-44-23-42-38-19-15-32-28-9-3-5-25-6-4-10-29(46(25)28)33-16-20-39(51(38)48(32)33)43(42)24-45(44)41-22-18-37(50(36)52(40)41)35-14-12-31(27)47(30)49(34)35/h1-24H. The highest BCUT2D eigenvalue weighted by Gasteiger charge is 2.26. The Morgan fingerprint density at radius 3 is 0.865 bits per heavy atom. The first-order valence-corrected chi connectivity index (χ1v) is 18.4. The summed E-state index contributed by atoms with van der Waals surface area (Å²) in [6, 6.07) is 56.3. The molecule has 14 aromatic carbocycles. The van der Waals surface area contributed by atoms with E-state index in [1.54, 1.807) is 0 Å². The summed E-state index contributed by atoms with van der Waals surface area (Å²) in [5.74, 6) is 0. The Morgan fingerprint density at radius 1 is 0.173 bits per heavy atom. The van der Waals surface area contributed by atoms with E-state index in [0.717, 1.165) is 0 Å². The molecule has 1 aliphatic rings. The van der Waals surface area contributed by atoms with E-state index in [0.29, 0.717) is 0 Å². The van der Waals surface area contributed by atoms with E-state index in [9.17, 15) is 0 Å². The van der Waals surface area contributed by atoms with Crippen molar-refractivity contribution in [1.29, 1.82) is 0 Å². The molecule has 232 valence electrons. The summed E-state index contributed by atoms with van der Waals surface area (Å²) >= 11 is 0. The molecule has 0 aliphatic heterocycles. The van der Waals surface area contributed by atoms with Crippen LogP contribution in [0.1, 0.15) is 0 Å². The third kappa shape index (κ3) is 2.54. The molecule has 0 nitrogen and oxygen atoms in total. The molecule has 0 heteroatoms. The lowest BCUT2D eigenvalue weighted by Crippen LogP contribution is -1.87. The lowest BCUT2D eigenvalue weighted by molar-refractivity contribution is 1.70. The second-order valence-corrected chi connectivity index (χ2v) is 15.4. The van der Waals surface area contributed by atoms with Crippen molar-refractivity contribution in [3.05, 3.63) is 146 Å². The second kappa shape index (κ2) is 8.07. The normalized spacial score (nSPS) is 13.4. The van der Waals surface area contributed by atoms with Crippen LogP contribution in [0.4, 0.5) is 0 Å². The zero-order valence-corrected chi connectivity index (χ0v) is 27.9. The van der Waals surface area contributed by atoms with Crippen molar-refractivity contribution in [1.82, 2.24) is 0 Å². The van der Waals surface area contributed by atoms with Crippen LogP contribution in [-0.4, -0.2) is 0 Å². The second-order valence-electron chi connectivity index (χ2n) is 15.4. The maximum Gasteiger partial charge on any atom is -0.00139 e. The first-order valence-electron chi connectivity index (χ1n) is 18.4. The SMILES string of the molecule is c1ccc2c(c1)-c1ccc3c4ccc5c6cc7c(cc6c6ccc(c8ccc-2c1c38)c4c56)c1ccc2c3cccc4cccc(c5ccc7c1c52)c43. The van der Waals surface area contributed by atoms with Crippen LogP contribution in [0.3, 0.4) is 0 Å². The lowest BCUT2D eigenvalue weighted by atomic mass is 9.87. The number of benzene rings is 12. The molecular weight excluding hydrogens is 625 g/mol. The van der Waals surface area contributed by atoms with Gasteiger partial charge in [0.25, 0.3) is 0 Å². The number of hydrogen-bond donors (Lipinski definition) is 0. The predicted octanol–water partition coefficient (Wildman–Crippen LogP) is 14.9. The van der Waals surface area contributed by atoms with Gasteiger partial charge in [-0.15, -0.1) is 0 Å². The van der Waals surface area contributed by atoms with Gasteiger partial charge in [-0.05, 0) is 164 Å². The van der Waals surface area contributed by atoms with Gasteiger partial charge in [0.1, 0.15) is 0 Å².